The van der Waals surface area contributed by atoms with Gasteiger partial charge < -0.3 is 39.4 Å². The molecule has 24 heteroatoms. The highest BCUT2D eigenvalue weighted by Gasteiger charge is 2.34. The van der Waals surface area contributed by atoms with Crippen LogP contribution in [0.4, 0.5) is 0 Å². The largest absolute Gasteiger partial charge is 0.493 e. The van der Waals surface area contributed by atoms with E-state index in [4.69, 9.17) is 42.8 Å². The molecule has 0 radical (unpaired) electrons. The van der Waals surface area contributed by atoms with Crippen LogP contribution < -0.4 is 14.2 Å². The monoisotopic (exact) mass is 1100 g/mol. The number of carbonyl (C=O) groups is 4. The molecule has 0 saturated carbocycles. The number of nitriles is 2. The van der Waals surface area contributed by atoms with Crippen LogP contribution in [-0.4, -0.2) is 111 Å². The standard InChI is InChI=1S/C20H20N4O4.C11H9BrN4O.C6H4BrN3.2C5H7NO2/c1-20(2,10-21)18(25)12-8-22-19-16(12)24-13(9-23-19)11-6-14(26-3)17(28-5)15(7-11)27-4;1-11(2,5-13)9(17)6-3-14-10-8(6)16-7(12)4-15-10;7-5-3-9-6-4(10-5)1-2-8-6;2*1-5(2,6-3)4(7)8/h6-9H,1-5H3,(H,22,23);3-4H,1-2H3,(H,14,15);1-3H,(H,8,9);2*1-2H3,(H,7,8). The van der Waals surface area contributed by atoms with Crippen LogP contribution >= 0.6 is 31.9 Å². The lowest BCUT2D eigenvalue weighted by atomic mass is 9.86. The zero-order chi connectivity index (χ0) is 53.6. The molecule has 6 aromatic heterocycles. The Kier molecular flexibility index (Phi) is 19.1. The molecule has 7 aromatic rings. The van der Waals surface area contributed by atoms with Crippen LogP contribution in [0.25, 0.3) is 54.4 Å². The van der Waals surface area contributed by atoms with Crippen LogP contribution in [0.2, 0.25) is 0 Å². The number of aromatic amines is 3. The quantitative estimate of drug-likeness (QED) is 0.0629. The summed E-state index contributed by atoms with van der Waals surface area (Å²) in [4.78, 5) is 85.0. The Morgan fingerprint density at radius 2 is 1.07 bits per heavy atom. The number of nitrogens with one attached hydrogen (secondary N) is 3. The molecule has 0 bridgehead atoms. The summed E-state index contributed by atoms with van der Waals surface area (Å²) < 4.78 is 17.4. The van der Waals surface area contributed by atoms with Crippen LogP contribution in [-0.2, 0) is 9.59 Å². The van der Waals surface area contributed by atoms with E-state index in [2.05, 4.69) is 86.4 Å². The van der Waals surface area contributed by atoms with Gasteiger partial charge in [-0.05, 0) is 77.8 Å². The Balaban J connectivity index is 0.000000262. The number of ether oxygens (including phenoxy) is 3. The third kappa shape index (κ3) is 14.1. The summed E-state index contributed by atoms with van der Waals surface area (Å²) in [6.07, 6.45) is 9.69. The SMILES string of the molecule is Brc1cnc2[nH]ccc2n1.CC(C)(C#N)C(=O)c1c[nH]c2ncc(Br)nc12.COc1cc(-c2cnc3[nH]cc(C(=O)C(C)(C)C#N)c3n2)cc(OC)c1OC.[C-]#[N+]C(C)(C)C(=O)O.[C-]#[N+]C(C)(C)C(=O)O. The first kappa shape index (κ1) is 57.0. The number of ketones is 2. The summed E-state index contributed by atoms with van der Waals surface area (Å²) >= 11 is 6.43. The maximum Gasteiger partial charge on any atom is 0.390 e. The van der Waals surface area contributed by atoms with E-state index >= 15 is 0 Å². The number of methoxy groups -OCH3 is 3. The van der Waals surface area contributed by atoms with Crippen LogP contribution in [0.15, 0.2) is 64.6 Å². The minimum Gasteiger partial charge on any atom is -0.493 e. The van der Waals surface area contributed by atoms with Crippen molar-refractivity contribution in [3.63, 3.8) is 0 Å². The van der Waals surface area contributed by atoms with Crippen molar-refractivity contribution < 1.29 is 43.6 Å². The first-order valence-electron chi connectivity index (χ1n) is 20.4. The number of carbonyl (C=O) groups excluding carboxylic acids is 2. The van der Waals surface area contributed by atoms with E-state index in [-0.39, 0.29) is 11.6 Å². The fourth-order valence-electron chi connectivity index (χ4n) is 5.15. The van der Waals surface area contributed by atoms with E-state index in [0.29, 0.717) is 66.6 Å². The molecule has 6 heterocycles. The number of fused-ring (bicyclic) bond motifs is 3. The second-order valence-corrected chi connectivity index (χ2v) is 18.3. The predicted octanol–water partition coefficient (Wildman–Crippen LogP) is 9.09. The van der Waals surface area contributed by atoms with Gasteiger partial charge in [-0.25, -0.2) is 52.6 Å². The zero-order valence-electron chi connectivity index (χ0n) is 40.2. The molecular weight excluding hydrogens is 1050 g/mol. The molecule has 7 rings (SSSR count). The highest BCUT2D eigenvalue weighted by Crippen LogP contribution is 2.41. The number of hydrogen-bond donors (Lipinski definition) is 5. The first-order valence-corrected chi connectivity index (χ1v) is 22.0. The van der Waals surface area contributed by atoms with Gasteiger partial charge in [-0.2, -0.15) is 10.5 Å². The van der Waals surface area contributed by atoms with E-state index in [1.807, 2.05) is 24.4 Å². The van der Waals surface area contributed by atoms with Gasteiger partial charge in [0.2, 0.25) is 5.75 Å². The Bertz CT molecular complexity index is 3210. The molecule has 0 aliphatic rings. The van der Waals surface area contributed by atoms with E-state index in [1.54, 1.807) is 64.6 Å². The number of carboxylic acids is 2. The van der Waals surface area contributed by atoms with E-state index < -0.39 is 33.8 Å². The lowest BCUT2D eigenvalue weighted by Crippen LogP contribution is -2.26. The molecule has 5 N–H and O–H groups in total. The summed E-state index contributed by atoms with van der Waals surface area (Å²) in [5.74, 6) is -1.31. The average Bonchev–Trinajstić information content (AvgIpc) is 4.12. The highest BCUT2D eigenvalue weighted by atomic mass is 79.9. The van der Waals surface area contributed by atoms with Crippen LogP contribution in [0.1, 0.15) is 76.1 Å². The van der Waals surface area contributed by atoms with Gasteiger partial charge in [0.15, 0.2) is 40.0 Å². The number of Topliss-reactive ketones (excluding diaryl/α,β-unsaturated/α-hetero) is 2. The number of benzene rings is 1. The van der Waals surface area contributed by atoms with Crippen molar-refractivity contribution in [1.29, 1.82) is 10.5 Å². The van der Waals surface area contributed by atoms with Crippen molar-refractivity contribution in [2.45, 2.75) is 66.5 Å². The molecule has 22 nitrogen and oxygen atoms in total. The van der Waals surface area contributed by atoms with Gasteiger partial charge in [0, 0.05) is 51.8 Å². The number of H-pyrrole nitrogens is 3. The minimum atomic E-state index is -1.25. The van der Waals surface area contributed by atoms with Gasteiger partial charge in [-0.1, -0.05) is 0 Å². The summed E-state index contributed by atoms with van der Waals surface area (Å²) in [6.45, 7) is 24.5. The zero-order valence-corrected chi connectivity index (χ0v) is 43.3. The van der Waals surface area contributed by atoms with Gasteiger partial charge in [-0.3, -0.25) is 19.3 Å². The average molecular weight is 1100 g/mol. The maximum absolute atomic E-state index is 12.7. The number of aromatic nitrogens is 9. The summed E-state index contributed by atoms with van der Waals surface area (Å²) in [5, 5.41) is 34.7. The maximum atomic E-state index is 12.7. The summed E-state index contributed by atoms with van der Waals surface area (Å²) in [6, 6.07) is 9.40. The Hall–Kier alpha value is -8.32. The second kappa shape index (κ2) is 23.8. The summed E-state index contributed by atoms with van der Waals surface area (Å²) in [5.41, 5.74) is 0.767. The lowest BCUT2D eigenvalue weighted by molar-refractivity contribution is -0.141. The Morgan fingerprint density at radius 1 is 0.648 bits per heavy atom. The van der Waals surface area contributed by atoms with Gasteiger partial charge in [0.1, 0.15) is 36.6 Å². The molecular formula is C47H47Br2N13O9. The lowest BCUT2D eigenvalue weighted by Gasteiger charge is -2.14. The molecule has 0 unspecified atom stereocenters. The number of rotatable bonds is 10. The van der Waals surface area contributed by atoms with E-state index in [9.17, 15) is 24.4 Å². The number of hydrogen-bond acceptors (Lipinski definition) is 15. The van der Waals surface area contributed by atoms with Crippen molar-refractivity contribution in [3.05, 3.63) is 98.5 Å². The van der Waals surface area contributed by atoms with Crippen molar-refractivity contribution in [2.24, 2.45) is 10.8 Å². The number of halogens is 2. The number of nitrogens with zero attached hydrogens (tertiary/aromatic N) is 10. The van der Waals surface area contributed by atoms with Crippen LogP contribution in [0, 0.1) is 46.6 Å². The predicted molar refractivity (Wildman–Crippen MR) is 266 cm³/mol. The highest BCUT2D eigenvalue weighted by molar-refractivity contribution is 9.10. The Labute approximate surface area is 423 Å². The number of aliphatic carboxylic acids is 2. The normalized spacial score (nSPS) is 10.9. The Morgan fingerprint density at radius 3 is 1.46 bits per heavy atom. The molecule has 71 heavy (non-hydrogen) atoms. The molecule has 368 valence electrons. The first-order chi connectivity index (χ1) is 33.2. The van der Waals surface area contributed by atoms with Gasteiger partial charge in [0.25, 0.3) is 0 Å². The second-order valence-electron chi connectivity index (χ2n) is 16.6. The van der Waals surface area contributed by atoms with Crippen molar-refractivity contribution in [3.8, 4) is 40.6 Å². The molecule has 0 saturated heterocycles. The topological polar surface area (TPSA) is 317 Å². The fraction of sp³-hybridized carbons (Fsp3) is 0.319. The molecule has 0 fully saturated rings. The fourth-order valence-corrected chi connectivity index (χ4v) is 5.73. The van der Waals surface area contributed by atoms with Crippen molar-refractivity contribution in [1.82, 2.24) is 44.9 Å². The third-order valence-electron chi connectivity index (χ3n) is 9.71. The molecule has 0 spiro atoms. The molecule has 0 amide bonds. The van der Waals surface area contributed by atoms with Crippen LogP contribution in [0.5, 0.6) is 17.2 Å². The minimum absolute atomic E-state index is 0.265. The molecule has 0 aliphatic carbocycles. The summed E-state index contributed by atoms with van der Waals surface area (Å²) in [7, 11) is 4.59. The number of carboxylic acid groups (broad SMARTS) is 2. The third-order valence-corrected chi connectivity index (χ3v) is 10.5. The van der Waals surface area contributed by atoms with E-state index in [1.165, 1.54) is 55.2 Å². The van der Waals surface area contributed by atoms with Crippen molar-refractivity contribution >= 4 is 88.9 Å². The van der Waals surface area contributed by atoms with Gasteiger partial charge in [-0.15, -0.1) is 0 Å². The molecule has 1 aromatic carbocycles. The van der Waals surface area contributed by atoms with Gasteiger partial charge >= 0.3 is 23.0 Å². The molecule has 0 atom stereocenters. The van der Waals surface area contributed by atoms with Crippen molar-refractivity contribution in [2.75, 3.05) is 21.3 Å². The smallest absolute Gasteiger partial charge is 0.390 e. The molecule has 0 aliphatic heterocycles. The van der Waals surface area contributed by atoms with E-state index in [0.717, 1.165) is 15.8 Å². The van der Waals surface area contributed by atoms with Gasteiger partial charge in [0.05, 0.1) is 68.9 Å². The van der Waals surface area contributed by atoms with Crippen LogP contribution in [0.3, 0.4) is 0 Å².